The molecule has 0 aliphatic carbocycles. The average Bonchev–Trinajstić information content (AvgIpc) is 3.66. The highest BCUT2D eigenvalue weighted by Gasteiger charge is 2.15. The molecule has 1 amide bonds. The van der Waals surface area contributed by atoms with Crippen LogP contribution in [0.25, 0.3) is 55.6 Å². The van der Waals surface area contributed by atoms with E-state index in [1.54, 1.807) is 17.5 Å². The number of anilines is 1. The Bertz CT molecular complexity index is 1680. The monoisotopic (exact) mass is 492 g/mol. The third-order valence-electron chi connectivity index (χ3n) is 6.27. The summed E-state index contributed by atoms with van der Waals surface area (Å²) >= 11 is 1.66. The molecule has 0 aliphatic rings. The molecule has 5 aromatic heterocycles. The van der Waals surface area contributed by atoms with Crippen molar-refractivity contribution in [2.75, 3.05) is 5.32 Å². The summed E-state index contributed by atoms with van der Waals surface area (Å²) in [7, 11) is 0. The Hall–Kier alpha value is -4.30. The summed E-state index contributed by atoms with van der Waals surface area (Å²) in [4.78, 5) is 24.7. The first kappa shape index (κ1) is 22.2. The molecular formula is C28H24N6OS. The van der Waals surface area contributed by atoms with Crippen molar-refractivity contribution >= 4 is 44.7 Å². The van der Waals surface area contributed by atoms with Crippen LogP contribution in [0.15, 0.2) is 71.8 Å². The summed E-state index contributed by atoms with van der Waals surface area (Å²) < 4.78 is 0. The molecule has 0 saturated carbocycles. The minimum Gasteiger partial charge on any atom is -0.353 e. The quantitative estimate of drug-likeness (QED) is 0.223. The van der Waals surface area contributed by atoms with Crippen molar-refractivity contribution in [3.8, 4) is 33.8 Å². The van der Waals surface area contributed by atoms with Crippen LogP contribution in [0.5, 0.6) is 0 Å². The fourth-order valence-corrected chi connectivity index (χ4v) is 5.08. The largest absolute Gasteiger partial charge is 0.353 e. The number of hydrogen-bond donors (Lipinski definition) is 3. The lowest BCUT2D eigenvalue weighted by molar-refractivity contribution is -0.116. The molecule has 7 nitrogen and oxygen atoms in total. The van der Waals surface area contributed by atoms with Crippen LogP contribution in [0.2, 0.25) is 0 Å². The molecule has 6 rings (SSSR count). The molecule has 3 N–H and O–H groups in total. The molecule has 8 heteroatoms. The lowest BCUT2D eigenvalue weighted by Gasteiger charge is -2.07. The molecule has 0 unspecified atom stereocenters. The number of pyridine rings is 2. The van der Waals surface area contributed by atoms with Gasteiger partial charge in [0, 0.05) is 51.6 Å². The van der Waals surface area contributed by atoms with E-state index in [9.17, 15) is 4.79 Å². The lowest BCUT2D eigenvalue weighted by Crippen LogP contribution is -2.11. The van der Waals surface area contributed by atoms with Crippen LogP contribution in [0.3, 0.4) is 0 Å². The van der Waals surface area contributed by atoms with E-state index in [1.807, 2.05) is 36.7 Å². The van der Waals surface area contributed by atoms with Crippen LogP contribution in [0.1, 0.15) is 26.2 Å². The van der Waals surface area contributed by atoms with Gasteiger partial charge in [-0.05, 0) is 53.8 Å². The maximum absolute atomic E-state index is 12.2. The van der Waals surface area contributed by atoms with Gasteiger partial charge in [0.05, 0.1) is 28.8 Å². The Labute approximate surface area is 211 Å². The van der Waals surface area contributed by atoms with Crippen LogP contribution in [0, 0.1) is 0 Å². The molecule has 0 atom stereocenters. The van der Waals surface area contributed by atoms with Gasteiger partial charge in [-0.2, -0.15) is 16.4 Å². The number of amides is 1. The number of rotatable bonds is 7. The molecule has 0 spiro atoms. The van der Waals surface area contributed by atoms with Crippen molar-refractivity contribution in [1.82, 2.24) is 25.1 Å². The first-order valence-electron chi connectivity index (χ1n) is 11.9. The highest BCUT2D eigenvalue weighted by molar-refractivity contribution is 7.08. The number of carbonyl (C=O) groups excluding carboxylic acids is 1. The molecule has 0 radical (unpaired) electrons. The maximum Gasteiger partial charge on any atom is 0.224 e. The number of benzene rings is 1. The number of nitrogens with one attached hydrogen (secondary N) is 3. The van der Waals surface area contributed by atoms with Gasteiger partial charge < -0.3 is 10.3 Å². The number of carbonyl (C=O) groups is 1. The van der Waals surface area contributed by atoms with Gasteiger partial charge >= 0.3 is 0 Å². The van der Waals surface area contributed by atoms with Crippen molar-refractivity contribution < 1.29 is 4.79 Å². The zero-order valence-corrected chi connectivity index (χ0v) is 20.5. The third-order valence-corrected chi connectivity index (χ3v) is 6.96. The molecular weight excluding hydrogens is 468 g/mol. The van der Waals surface area contributed by atoms with E-state index in [0.717, 1.165) is 68.4 Å². The molecule has 178 valence electrons. The minimum absolute atomic E-state index is 0.0125. The second-order valence-electron chi connectivity index (χ2n) is 8.76. The van der Waals surface area contributed by atoms with Crippen LogP contribution >= 0.6 is 11.3 Å². The van der Waals surface area contributed by atoms with Crippen molar-refractivity contribution in [1.29, 1.82) is 0 Å². The predicted molar refractivity (Wildman–Crippen MR) is 146 cm³/mol. The van der Waals surface area contributed by atoms with Gasteiger partial charge in [-0.15, -0.1) is 0 Å². The number of fused-ring (bicyclic) bond motifs is 2. The van der Waals surface area contributed by atoms with Gasteiger partial charge in [-0.3, -0.25) is 19.9 Å². The molecule has 0 saturated heterocycles. The number of unbranched alkanes of at least 4 members (excludes halogenated alkanes) is 1. The van der Waals surface area contributed by atoms with Crippen molar-refractivity contribution in [2.24, 2.45) is 0 Å². The number of H-pyrrole nitrogens is 2. The van der Waals surface area contributed by atoms with E-state index < -0.39 is 0 Å². The summed E-state index contributed by atoms with van der Waals surface area (Å²) in [6, 6.07) is 14.3. The summed E-state index contributed by atoms with van der Waals surface area (Å²) in [5.74, 6) is 0.0125. The van der Waals surface area contributed by atoms with Gasteiger partial charge in [0.25, 0.3) is 0 Å². The smallest absolute Gasteiger partial charge is 0.224 e. The van der Waals surface area contributed by atoms with E-state index in [4.69, 9.17) is 0 Å². The van der Waals surface area contributed by atoms with Crippen molar-refractivity contribution in [3.63, 3.8) is 0 Å². The summed E-state index contributed by atoms with van der Waals surface area (Å²) in [6.45, 7) is 2.07. The highest BCUT2D eigenvalue weighted by atomic mass is 32.1. The minimum atomic E-state index is 0.0125. The fourth-order valence-electron chi connectivity index (χ4n) is 4.44. The second kappa shape index (κ2) is 9.39. The van der Waals surface area contributed by atoms with Gasteiger partial charge in [0.15, 0.2) is 0 Å². The summed E-state index contributed by atoms with van der Waals surface area (Å²) in [6.07, 6.45) is 7.69. The lowest BCUT2D eigenvalue weighted by atomic mass is 10.0. The number of thiophene rings is 1. The Balaban J connectivity index is 1.37. The zero-order valence-electron chi connectivity index (χ0n) is 19.7. The Morgan fingerprint density at radius 1 is 0.972 bits per heavy atom. The Morgan fingerprint density at radius 3 is 2.75 bits per heavy atom. The van der Waals surface area contributed by atoms with Gasteiger partial charge in [0.2, 0.25) is 5.91 Å². The second-order valence-corrected chi connectivity index (χ2v) is 9.54. The first-order valence-corrected chi connectivity index (χ1v) is 12.9. The van der Waals surface area contributed by atoms with Gasteiger partial charge in [0.1, 0.15) is 5.69 Å². The van der Waals surface area contributed by atoms with Crippen molar-refractivity contribution in [3.05, 3.63) is 71.8 Å². The normalized spacial score (nSPS) is 11.4. The number of aromatic nitrogens is 5. The molecule has 0 fully saturated rings. The fraction of sp³-hybridized carbons (Fsp3) is 0.143. The molecule has 1 aromatic carbocycles. The SMILES string of the molecule is CCCCC(=O)Nc1cncc(-c2ccc3[nH]nc(-c4cc5c(-c6ccsc6)nccc5[nH]4)c3c2)c1. The van der Waals surface area contributed by atoms with Crippen LogP contribution in [0.4, 0.5) is 5.69 Å². The van der Waals surface area contributed by atoms with Crippen LogP contribution in [-0.2, 0) is 4.79 Å². The number of hydrogen-bond acceptors (Lipinski definition) is 5. The topological polar surface area (TPSA) is 99.3 Å². The maximum atomic E-state index is 12.2. The molecule has 5 heterocycles. The highest BCUT2D eigenvalue weighted by Crippen LogP contribution is 2.35. The van der Waals surface area contributed by atoms with Gasteiger partial charge in [-0.1, -0.05) is 19.4 Å². The summed E-state index contributed by atoms with van der Waals surface area (Å²) in [5, 5.41) is 17.0. The molecule has 0 bridgehead atoms. The van der Waals surface area contributed by atoms with E-state index in [1.165, 1.54) is 0 Å². The van der Waals surface area contributed by atoms with E-state index in [2.05, 4.69) is 66.3 Å². The average molecular weight is 493 g/mol. The molecule has 36 heavy (non-hydrogen) atoms. The molecule has 6 aromatic rings. The van der Waals surface area contributed by atoms with E-state index >= 15 is 0 Å². The van der Waals surface area contributed by atoms with Gasteiger partial charge in [-0.25, -0.2) is 0 Å². The predicted octanol–water partition coefficient (Wildman–Crippen LogP) is 7.03. The van der Waals surface area contributed by atoms with Crippen LogP contribution in [-0.4, -0.2) is 31.1 Å². The Kier molecular flexibility index (Phi) is 5.79. The van der Waals surface area contributed by atoms with E-state index in [0.29, 0.717) is 12.1 Å². The third kappa shape index (κ3) is 4.16. The summed E-state index contributed by atoms with van der Waals surface area (Å²) in [5.41, 5.74) is 8.43. The van der Waals surface area contributed by atoms with E-state index in [-0.39, 0.29) is 5.91 Å². The standard InChI is InChI=1S/C28H24N6OS/c1-2-3-4-26(35)31-20-11-19(14-29-15-20)17-5-6-24-21(12-17)28(34-33-24)25-13-22-23(32-25)7-9-30-27(22)18-8-10-36-16-18/h5-16,32H,2-4H2,1H3,(H,31,35)(H,33,34). The zero-order chi connectivity index (χ0) is 24.5. The molecule has 0 aliphatic heterocycles. The number of nitrogens with zero attached hydrogens (tertiary/aromatic N) is 3. The first-order chi connectivity index (χ1) is 17.7. The van der Waals surface area contributed by atoms with Crippen LogP contribution < -0.4 is 5.32 Å². The van der Waals surface area contributed by atoms with Crippen molar-refractivity contribution in [2.45, 2.75) is 26.2 Å². The Morgan fingerprint density at radius 2 is 1.89 bits per heavy atom. The number of aromatic amines is 2.